The molecule has 3 rings (SSSR count). The summed E-state index contributed by atoms with van der Waals surface area (Å²) in [5, 5.41) is 6.69. The van der Waals surface area contributed by atoms with Gasteiger partial charge in [-0.25, -0.2) is 4.79 Å². The minimum Gasteiger partial charge on any atom is -0.362 e. The second kappa shape index (κ2) is 4.05. The van der Waals surface area contributed by atoms with Gasteiger partial charge in [-0.2, -0.15) is 0 Å². The summed E-state index contributed by atoms with van der Waals surface area (Å²) < 4.78 is 4.94. The van der Waals surface area contributed by atoms with Crippen molar-refractivity contribution >= 4 is 11.8 Å². The maximum absolute atomic E-state index is 11.9. The quantitative estimate of drug-likeness (QED) is 0.871. The maximum Gasteiger partial charge on any atom is 0.322 e. The van der Waals surface area contributed by atoms with Crippen LogP contribution < -0.4 is 5.32 Å². The zero-order valence-electron chi connectivity index (χ0n) is 9.98. The summed E-state index contributed by atoms with van der Waals surface area (Å²) in [6.45, 7) is 0.836. The first-order valence-electron chi connectivity index (χ1n) is 6.20. The van der Waals surface area contributed by atoms with Gasteiger partial charge in [0.1, 0.15) is 6.26 Å². The van der Waals surface area contributed by atoms with Crippen LogP contribution in [0.25, 0.3) is 0 Å². The van der Waals surface area contributed by atoms with Crippen molar-refractivity contribution in [1.29, 1.82) is 0 Å². The van der Waals surface area contributed by atoms with E-state index in [4.69, 9.17) is 4.52 Å². The first kappa shape index (κ1) is 10.6. The second-order valence-electron chi connectivity index (χ2n) is 5.15. The molecule has 2 amide bonds. The summed E-state index contributed by atoms with van der Waals surface area (Å²) in [4.78, 5) is 13.6. The Labute approximate surface area is 100 Å². The summed E-state index contributed by atoms with van der Waals surface area (Å²) >= 11 is 0. The van der Waals surface area contributed by atoms with E-state index in [2.05, 4.69) is 10.5 Å². The van der Waals surface area contributed by atoms with E-state index >= 15 is 0 Å². The molecule has 0 spiro atoms. The van der Waals surface area contributed by atoms with Crippen molar-refractivity contribution in [1.82, 2.24) is 10.1 Å². The first-order chi connectivity index (χ1) is 8.24. The van der Waals surface area contributed by atoms with E-state index in [0.717, 1.165) is 12.1 Å². The number of urea groups is 1. The molecule has 0 bridgehead atoms. The van der Waals surface area contributed by atoms with Crippen LogP contribution in [0.1, 0.15) is 37.2 Å². The van der Waals surface area contributed by atoms with E-state index in [1.165, 1.54) is 25.7 Å². The van der Waals surface area contributed by atoms with E-state index < -0.39 is 0 Å². The molecule has 0 saturated heterocycles. The fourth-order valence-electron chi connectivity index (χ4n) is 1.99. The molecule has 0 radical (unpaired) electrons. The molecule has 17 heavy (non-hydrogen) atoms. The monoisotopic (exact) mass is 235 g/mol. The Morgan fingerprint density at radius 1 is 1.53 bits per heavy atom. The van der Waals surface area contributed by atoms with Crippen molar-refractivity contribution < 1.29 is 9.32 Å². The summed E-state index contributed by atoms with van der Waals surface area (Å²) in [5.74, 6) is 1.83. The summed E-state index contributed by atoms with van der Waals surface area (Å²) in [7, 11) is 1.82. The number of carbonyl (C=O) groups excluding carboxylic acids is 1. The zero-order valence-corrected chi connectivity index (χ0v) is 9.98. The molecule has 1 heterocycles. The van der Waals surface area contributed by atoms with Gasteiger partial charge in [-0.3, -0.25) is 5.32 Å². The fraction of sp³-hybridized carbons (Fsp3) is 0.667. The van der Waals surface area contributed by atoms with Gasteiger partial charge in [0, 0.05) is 19.2 Å². The van der Waals surface area contributed by atoms with Crippen molar-refractivity contribution in [2.24, 2.45) is 5.92 Å². The topological polar surface area (TPSA) is 58.4 Å². The highest BCUT2D eigenvalue weighted by molar-refractivity contribution is 5.88. The van der Waals surface area contributed by atoms with Gasteiger partial charge in [-0.15, -0.1) is 0 Å². The van der Waals surface area contributed by atoms with Crippen molar-refractivity contribution in [3.63, 3.8) is 0 Å². The van der Waals surface area contributed by atoms with Crippen molar-refractivity contribution in [3.8, 4) is 0 Å². The first-order valence-corrected chi connectivity index (χ1v) is 6.20. The lowest BCUT2D eigenvalue weighted by molar-refractivity contribution is 0.220. The molecular formula is C12H17N3O2. The van der Waals surface area contributed by atoms with Crippen LogP contribution in [-0.4, -0.2) is 29.7 Å². The molecule has 2 aliphatic carbocycles. The number of amides is 2. The van der Waals surface area contributed by atoms with Crippen LogP contribution >= 0.6 is 0 Å². The molecule has 5 nitrogen and oxygen atoms in total. The molecule has 92 valence electrons. The lowest BCUT2D eigenvalue weighted by atomic mass is 10.2. The Kier molecular flexibility index (Phi) is 2.53. The predicted molar refractivity (Wildman–Crippen MR) is 62.9 cm³/mol. The Balaban J connectivity index is 1.60. The number of nitrogens with zero attached hydrogens (tertiary/aromatic N) is 2. The zero-order chi connectivity index (χ0) is 11.8. The van der Waals surface area contributed by atoms with Crippen LogP contribution in [-0.2, 0) is 0 Å². The van der Waals surface area contributed by atoms with E-state index in [9.17, 15) is 4.79 Å². The van der Waals surface area contributed by atoms with Gasteiger partial charge in [0.15, 0.2) is 5.82 Å². The molecule has 2 saturated carbocycles. The van der Waals surface area contributed by atoms with E-state index in [-0.39, 0.29) is 6.03 Å². The molecule has 5 heteroatoms. The standard InChI is InChI=1S/C12H17N3O2/c1-15(6-8-2-3-8)12(16)13-11-10(7-17-14-11)9-4-5-9/h7-9H,2-6H2,1H3,(H,13,14,16). The third-order valence-electron chi connectivity index (χ3n) is 3.42. The summed E-state index contributed by atoms with van der Waals surface area (Å²) in [5.41, 5.74) is 1.04. The molecule has 2 aliphatic rings. The van der Waals surface area contributed by atoms with Crippen LogP contribution in [0.15, 0.2) is 10.8 Å². The molecule has 2 fully saturated rings. The van der Waals surface area contributed by atoms with Crippen LogP contribution in [0.2, 0.25) is 0 Å². The number of hydrogen-bond acceptors (Lipinski definition) is 3. The highest BCUT2D eigenvalue weighted by Crippen LogP contribution is 2.43. The van der Waals surface area contributed by atoms with E-state index in [1.807, 2.05) is 7.05 Å². The average Bonchev–Trinajstić information content (AvgIpc) is 3.21. The number of anilines is 1. The third kappa shape index (κ3) is 2.43. The highest BCUT2D eigenvalue weighted by Gasteiger charge is 2.30. The number of aromatic nitrogens is 1. The van der Waals surface area contributed by atoms with Crippen LogP contribution in [0.4, 0.5) is 10.6 Å². The van der Waals surface area contributed by atoms with E-state index in [1.54, 1.807) is 11.2 Å². The number of carbonyl (C=O) groups is 1. The minimum atomic E-state index is -0.0901. The van der Waals surface area contributed by atoms with Crippen molar-refractivity contribution in [2.45, 2.75) is 31.6 Å². The molecule has 0 aromatic carbocycles. The van der Waals surface area contributed by atoms with Crippen molar-refractivity contribution in [3.05, 3.63) is 11.8 Å². The highest BCUT2D eigenvalue weighted by atomic mass is 16.5. The molecule has 1 N–H and O–H groups in total. The molecule has 0 atom stereocenters. The largest absolute Gasteiger partial charge is 0.362 e. The van der Waals surface area contributed by atoms with Crippen LogP contribution in [0, 0.1) is 5.92 Å². The maximum atomic E-state index is 11.9. The van der Waals surface area contributed by atoms with Gasteiger partial charge < -0.3 is 9.42 Å². The van der Waals surface area contributed by atoms with Gasteiger partial charge in [0.05, 0.1) is 0 Å². The van der Waals surface area contributed by atoms with Crippen LogP contribution in [0.3, 0.4) is 0 Å². The van der Waals surface area contributed by atoms with Crippen LogP contribution in [0.5, 0.6) is 0 Å². The Morgan fingerprint density at radius 2 is 2.29 bits per heavy atom. The van der Waals surface area contributed by atoms with Gasteiger partial charge in [-0.05, 0) is 37.5 Å². The van der Waals surface area contributed by atoms with Gasteiger partial charge >= 0.3 is 6.03 Å². The fourth-order valence-corrected chi connectivity index (χ4v) is 1.99. The lowest BCUT2D eigenvalue weighted by Crippen LogP contribution is -2.33. The minimum absolute atomic E-state index is 0.0901. The van der Waals surface area contributed by atoms with E-state index in [0.29, 0.717) is 17.7 Å². The Hall–Kier alpha value is -1.52. The molecular weight excluding hydrogens is 218 g/mol. The summed E-state index contributed by atoms with van der Waals surface area (Å²) in [6.07, 6.45) is 6.47. The third-order valence-corrected chi connectivity index (χ3v) is 3.42. The SMILES string of the molecule is CN(CC1CC1)C(=O)Nc1nocc1C1CC1. The lowest BCUT2D eigenvalue weighted by Gasteiger charge is -2.16. The Morgan fingerprint density at radius 3 is 2.94 bits per heavy atom. The van der Waals surface area contributed by atoms with Gasteiger partial charge in [0.2, 0.25) is 0 Å². The number of rotatable bonds is 4. The van der Waals surface area contributed by atoms with Gasteiger partial charge in [-0.1, -0.05) is 5.16 Å². The predicted octanol–water partition coefficient (Wildman–Crippen LogP) is 2.43. The average molecular weight is 235 g/mol. The molecule has 0 unspecified atom stereocenters. The normalized spacial score (nSPS) is 19.1. The number of hydrogen-bond donors (Lipinski definition) is 1. The summed E-state index contributed by atoms with van der Waals surface area (Å²) in [6, 6.07) is -0.0901. The second-order valence-corrected chi connectivity index (χ2v) is 5.15. The molecule has 1 aromatic heterocycles. The Bertz CT molecular complexity index is 421. The smallest absolute Gasteiger partial charge is 0.322 e. The van der Waals surface area contributed by atoms with Gasteiger partial charge in [0.25, 0.3) is 0 Å². The molecule has 0 aliphatic heterocycles. The molecule has 1 aromatic rings. The van der Waals surface area contributed by atoms with Crippen molar-refractivity contribution in [2.75, 3.05) is 18.9 Å². The number of nitrogens with one attached hydrogen (secondary N) is 1.